The highest BCUT2D eigenvalue weighted by Gasteiger charge is 2.40. The largest absolute Gasteiger partial charge is 0.0620 e. The van der Waals surface area contributed by atoms with E-state index in [9.17, 15) is 0 Å². The molecule has 1 aliphatic rings. The van der Waals surface area contributed by atoms with E-state index in [4.69, 9.17) is 8.22 Å². The first kappa shape index (κ1) is 4.16. The summed E-state index contributed by atoms with van der Waals surface area (Å²) in [5, 5.41) is 0. The summed E-state index contributed by atoms with van der Waals surface area (Å²) in [4.78, 5) is 0. The number of hydrogen-bond donors (Lipinski definition) is 0. The number of hydrogen-bond acceptors (Lipinski definition) is 0. The minimum absolute atomic E-state index is 0.661. The molecule has 0 amide bonds. The van der Waals surface area contributed by atoms with Crippen LogP contribution in [0, 0.1) is 5.92 Å². The van der Waals surface area contributed by atoms with Gasteiger partial charge in [0, 0.05) is 8.22 Å². The molecule has 1 aromatic rings. The first-order valence-corrected chi connectivity index (χ1v) is 4.57. The molecule has 0 radical (unpaired) electrons. The molecular formula is C13H18. The summed E-state index contributed by atoms with van der Waals surface area (Å²) in [7, 11) is 0. The molecule has 0 nitrogen and oxygen atoms in total. The van der Waals surface area contributed by atoms with E-state index in [2.05, 4.69) is 0 Å². The second-order valence-corrected chi connectivity index (χ2v) is 4.26. The fourth-order valence-electron chi connectivity index (χ4n) is 2.12. The van der Waals surface area contributed by atoms with E-state index in [0.717, 1.165) is 5.56 Å². The van der Waals surface area contributed by atoms with Gasteiger partial charge in [-0.3, -0.25) is 0 Å². The Hall–Kier alpha value is -0.780. The topological polar surface area (TPSA) is 0 Å². The van der Waals surface area contributed by atoms with Crippen LogP contribution in [0.25, 0.3) is 0 Å². The molecule has 0 aliphatic heterocycles. The van der Waals surface area contributed by atoms with Crippen molar-refractivity contribution in [3.63, 3.8) is 0 Å². The normalized spacial score (nSPS) is 38.9. The molecule has 0 saturated heterocycles. The third kappa shape index (κ3) is 1.04. The Kier molecular flexibility index (Phi) is 0.834. The van der Waals surface area contributed by atoms with Crippen molar-refractivity contribution < 1.29 is 8.22 Å². The van der Waals surface area contributed by atoms with Crippen LogP contribution in [0.1, 0.15) is 52.8 Å². The quantitative estimate of drug-likeness (QED) is 0.571. The minimum atomic E-state index is -2.30. The van der Waals surface area contributed by atoms with Crippen molar-refractivity contribution in [2.45, 2.75) is 38.9 Å². The van der Waals surface area contributed by atoms with Gasteiger partial charge in [0.2, 0.25) is 0 Å². The molecule has 0 heterocycles. The summed E-state index contributed by atoms with van der Waals surface area (Å²) in [5.41, 5.74) is 0.840. The molecule has 0 heteroatoms. The Morgan fingerprint density at radius 1 is 1.23 bits per heavy atom. The Balaban J connectivity index is 2.69. The van der Waals surface area contributed by atoms with Gasteiger partial charge in [-0.2, -0.15) is 0 Å². The van der Waals surface area contributed by atoms with Gasteiger partial charge in [0.1, 0.15) is 0 Å². The number of fused-ring (bicyclic) bond motifs is 1. The minimum Gasteiger partial charge on any atom is -0.0620 e. The van der Waals surface area contributed by atoms with E-state index in [-0.39, 0.29) is 0 Å². The maximum Gasteiger partial charge on any atom is 0.0237 e. The van der Waals surface area contributed by atoms with Gasteiger partial charge in [-0.1, -0.05) is 51.8 Å². The zero-order chi connectivity index (χ0) is 14.6. The van der Waals surface area contributed by atoms with E-state index >= 15 is 0 Å². The molecule has 0 bridgehead atoms. The lowest BCUT2D eigenvalue weighted by molar-refractivity contribution is 0.342. The van der Waals surface area contributed by atoms with Gasteiger partial charge in [0.05, 0.1) is 0 Å². The molecule has 0 unspecified atom stereocenters. The lowest BCUT2D eigenvalue weighted by atomic mass is 9.78. The van der Waals surface area contributed by atoms with Crippen LogP contribution in [0.3, 0.4) is 0 Å². The Labute approximate surface area is 89.4 Å². The molecule has 0 fully saturated rings. The highest BCUT2D eigenvalue weighted by Crippen LogP contribution is 2.49. The molecule has 0 saturated carbocycles. The summed E-state index contributed by atoms with van der Waals surface area (Å²) < 4.78 is 46.5. The maximum absolute atomic E-state index is 7.75. The monoisotopic (exact) mass is 180 g/mol. The molecule has 1 aromatic carbocycles. The summed E-state index contributed by atoms with van der Waals surface area (Å²) in [6.07, 6.45) is 0. The van der Waals surface area contributed by atoms with Crippen LogP contribution in [0.5, 0.6) is 0 Å². The van der Waals surface area contributed by atoms with Crippen molar-refractivity contribution in [2.75, 3.05) is 0 Å². The Morgan fingerprint density at radius 2 is 2.00 bits per heavy atom. The predicted octanol–water partition coefficient (Wildman–Crippen LogP) is 3.72. The smallest absolute Gasteiger partial charge is 0.0237 e. The van der Waals surface area contributed by atoms with Crippen molar-refractivity contribution in [3.8, 4) is 0 Å². The lowest BCUT2D eigenvalue weighted by Gasteiger charge is -2.26. The molecule has 13 heavy (non-hydrogen) atoms. The first-order chi connectivity index (χ1) is 8.47. The Morgan fingerprint density at radius 3 is 2.69 bits per heavy atom. The van der Waals surface area contributed by atoms with Gasteiger partial charge in [-0.15, -0.1) is 0 Å². The summed E-state index contributed by atoms with van der Waals surface area (Å²) in [5.74, 6) is -1.81. The summed E-state index contributed by atoms with van der Waals surface area (Å²) >= 11 is 0. The summed E-state index contributed by atoms with van der Waals surface area (Å²) in [6, 6.07) is 7.20. The SMILES string of the molecule is [2H]C([2H])([2H])[C@@H]1c2ccccc2C(C)(C)[C@H]1C([2H])([2H])[2H]. The van der Waals surface area contributed by atoms with Gasteiger partial charge >= 0.3 is 0 Å². The van der Waals surface area contributed by atoms with E-state index in [0.29, 0.717) is 5.56 Å². The Bertz CT molecular complexity index is 483. The zero-order valence-corrected chi connectivity index (χ0v) is 7.96. The van der Waals surface area contributed by atoms with Crippen molar-refractivity contribution in [1.29, 1.82) is 0 Å². The molecule has 70 valence electrons. The fourth-order valence-corrected chi connectivity index (χ4v) is 2.12. The van der Waals surface area contributed by atoms with Crippen molar-refractivity contribution >= 4 is 0 Å². The second-order valence-electron chi connectivity index (χ2n) is 4.26. The fraction of sp³-hybridized carbons (Fsp3) is 0.538. The maximum atomic E-state index is 7.75. The van der Waals surface area contributed by atoms with E-state index in [1.807, 2.05) is 26.0 Å². The van der Waals surface area contributed by atoms with Gasteiger partial charge in [0.25, 0.3) is 0 Å². The number of benzene rings is 1. The zero-order valence-electron chi connectivity index (χ0n) is 14.0. The molecule has 2 atom stereocenters. The molecule has 0 N–H and O–H groups in total. The van der Waals surface area contributed by atoms with Crippen LogP contribution in [-0.4, -0.2) is 0 Å². The highest BCUT2D eigenvalue weighted by molar-refractivity contribution is 5.42. The first-order valence-electron chi connectivity index (χ1n) is 7.57. The van der Waals surface area contributed by atoms with Crippen LogP contribution in [0.15, 0.2) is 24.3 Å². The van der Waals surface area contributed by atoms with Gasteiger partial charge in [-0.05, 0) is 28.4 Å². The van der Waals surface area contributed by atoms with Crippen LogP contribution < -0.4 is 0 Å². The third-order valence-electron chi connectivity index (χ3n) is 3.10. The lowest BCUT2D eigenvalue weighted by Crippen LogP contribution is -2.22. The molecule has 0 spiro atoms. The standard InChI is InChI=1S/C13H18/c1-9-10(2)13(3,4)12-8-6-5-7-11(9)12/h5-10H,1-4H3/t9-,10-/m0/s1/i1D3,2D3. The van der Waals surface area contributed by atoms with Crippen LogP contribution in [-0.2, 0) is 5.41 Å². The van der Waals surface area contributed by atoms with E-state index in [1.54, 1.807) is 12.1 Å². The average Bonchev–Trinajstić information content (AvgIpc) is 2.46. The van der Waals surface area contributed by atoms with Crippen molar-refractivity contribution in [3.05, 3.63) is 35.4 Å². The van der Waals surface area contributed by atoms with Crippen LogP contribution in [0.4, 0.5) is 0 Å². The molecular weight excluding hydrogens is 156 g/mol. The molecule has 1 aliphatic carbocycles. The molecule has 2 rings (SSSR count). The third-order valence-corrected chi connectivity index (χ3v) is 3.10. The molecule has 0 aromatic heterocycles. The van der Waals surface area contributed by atoms with Crippen LogP contribution >= 0.6 is 0 Å². The average molecular weight is 180 g/mol. The second kappa shape index (κ2) is 2.60. The summed E-state index contributed by atoms with van der Waals surface area (Å²) in [6.45, 7) is -0.937. The predicted molar refractivity (Wildman–Crippen MR) is 57.0 cm³/mol. The van der Waals surface area contributed by atoms with Gasteiger partial charge < -0.3 is 0 Å². The number of rotatable bonds is 0. The van der Waals surface area contributed by atoms with Crippen molar-refractivity contribution in [1.82, 2.24) is 0 Å². The van der Waals surface area contributed by atoms with E-state index < -0.39 is 31.0 Å². The van der Waals surface area contributed by atoms with Gasteiger partial charge in [-0.25, -0.2) is 0 Å². The van der Waals surface area contributed by atoms with Crippen molar-refractivity contribution in [2.24, 2.45) is 5.92 Å². The van der Waals surface area contributed by atoms with Crippen LogP contribution in [0.2, 0.25) is 0 Å². The van der Waals surface area contributed by atoms with Gasteiger partial charge in [0.15, 0.2) is 0 Å². The van der Waals surface area contributed by atoms with E-state index in [1.165, 1.54) is 0 Å². The highest BCUT2D eigenvalue weighted by atomic mass is 14.4.